The molecule has 5 rings (SSSR count). The van der Waals surface area contributed by atoms with Crippen molar-refractivity contribution in [3.63, 3.8) is 0 Å². The minimum atomic E-state index is -0.133. The van der Waals surface area contributed by atoms with Gasteiger partial charge in [0.2, 0.25) is 0 Å². The summed E-state index contributed by atoms with van der Waals surface area (Å²) in [4.78, 5) is 20.6. The maximum absolute atomic E-state index is 12.5. The molecule has 5 aromatic rings. The van der Waals surface area contributed by atoms with Crippen molar-refractivity contribution in [1.29, 1.82) is 0 Å². The summed E-state index contributed by atoms with van der Waals surface area (Å²) in [5.74, 6) is -0.133. The number of rotatable bonds is 6. The van der Waals surface area contributed by atoms with E-state index in [0.29, 0.717) is 5.56 Å². The Kier molecular flexibility index (Phi) is 5.02. The Bertz CT molecular complexity index is 1310. The Balaban J connectivity index is 1.36. The standard InChI is InChI=1S/C25H21N5O/c31-25(28-22-9-11-26-12-10-22)20-7-5-19(6-8-20)15-30-17-21(16-29-14-13-27-18-29)23-3-1-2-4-24(23)30/h1-14,17-18H,15-16H2,(H,26,28,31). The molecule has 1 N–H and O–H groups in total. The van der Waals surface area contributed by atoms with Crippen LogP contribution in [0, 0.1) is 0 Å². The van der Waals surface area contributed by atoms with E-state index in [2.05, 4.69) is 54.9 Å². The molecular weight excluding hydrogens is 386 g/mol. The first-order valence-corrected chi connectivity index (χ1v) is 10.1. The van der Waals surface area contributed by atoms with Crippen LogP contribution in [0.15, 0.2) is 98.0 Å². The Morgan fingerprint density at radius 1 is 0.871 bits per heavy atom. The molecule has 152 valence electrons. The second kappa shape index (κ2) is 8.28. The summed E-state index contributed by atoms with van der Waals surface area (Å²) in [5, 5.41) is 4.12. The van der Waals surface area contributed by atoms with Crippen LogP contribution < -0.4 is 5.32 Å². The smallest absolute Gasteiger partial charge is 0.255 e. The quantitative estimate of drug-likeness (QED) is 0.448. The summed E-state index contributed by atoms with van der Waals surface area (Å²) < 4.78 is 4.33. The van der Waals surface area contributed by atoms with Crippen LogP contribution in [0.3, 0.4) is 0 Å². The number of fused-ring (bicyclic) bond motifs is 1. The largest absolute Gasteiger partial charge is 0.343 e. The van der Waals surface area contributed by atoms with Gasteiger partial charge in [0.1, 0.15) is 0 Å². The first-order chi connectivity index (χ1) is 15.3. The van der Waals surface area contributed by atoms with E-state index in [1.165, 1.54) is 16.5 Å². The number of para-hydroxylation sites is 1. The highest BCUT2D eigenvalue weighted by Crippen LogP contribution is 2.23. The highest BCUT2D eigenvalue weighted by Gasteiger charge is 2.10. The Hall–Kier alpha value is -4.19. The van der Waals surface area contributed by atoms with Crippen LogP contribution in [0.5, 0.6) is 0 Å². The van der Waals surface area contributed by atoms with Gasteiger partial charge in [-0.25, -0.2) is 4.98 Å². The fourth-order valence-corrected chi connectivity index (χ4v) is 3.75. The van der Waals surface area contributed by atoms with Gasteiger partial charge >= 0.3 is 0 Å². The number of anilines is 1. The highest BCUT2D eigenvalue weighted by atomic mass is 16.1. The van der Waals surface area contributed by atoms with Gasteiger partial charge in [-0.1, -0.05) is 30.3 Å². The molecule has 0 radical (unpaired) electrons. The number of nitrogens with one attached hydrogen (secondary N) is 1. The van der Waals surface area contributed by atoms with Gasteiger partial charge in [0, 0.05) is 59.7 Å². The lowest BCUT2D eigenvalue weighted by atomic mass is 10.1. The fraction of sp³-hybridized carbons (Fsp3) is 0.0800. The van der Waals surface area contributed by atoms with Gasteiger partial charge in [0.15, 0.2) is 0 Å². The number of aromatic nitrogens is 4. The van der Waals surface area contributed by atoms with Gasteiger partial charge < -0.3 is 14.5 Å². The lowest BCUT2D eigenvalue weighted by molar-refractivity contribution is 0.102. The molecule has 0 aliphatic heterocycles. The Morgan fingerprint density at radius 3 is 2.45 bits per heavy atom. The van der Waals surface area contributed by atoms with E-state index >= 15 is 0 Å². The number of nitrogens with zero attached hydrogens (tertiary/aromatic N) is 4. The molecule has 6 heteroatoms. The van der Waals surface area contributed by atoms with Crippen LogP contribution in [0.4, 0.5) is 5.69 Å². The van der Waals surface area contributed by atoms with Crippen molar-refractivity contribution in [1.82, 2.24) is 19.1 Å². The topological polar surface area (TPSA) is 64.7 Å². The van der Waals surface area contributed by atoms with Gasteiger partial charge in [-0.3, -0.25) is 9.78 Å². The van der Waals surface area contributed by atoms with E-state index in [1.807, 2.05) is 36.8 Å². The number of hydrogen-bond acceptors (Lipinski definition) is 3. The van der Waals surface area contributed by atoms with E-state index in [4.69, 9.17) is 0 Å². The molecule has 6 nitrogen and oxygen atoms in total. The molecule has 0 atom stereocenters. The molecule has 0 aliphatic rings. The lowest BCUT2D eigenvalue weighted by Crippen LogP contribution is -2.12. The van der Waals surface area contributed by atoms with Gasteiger partial charge in [-0.05, 0) is 41.5 Å². The van der Waals surface area contributed by atoms with Crippen molar-refractivity contribution in [2.24, 2.45) is 0 Å². The average Bonchev–Trinajstić information content (AvgIpc) is 3.44. The number of hydrogen-bond donors (Lipinski definition) is 1. The summed E-state index contributed by atoms with van der Waals surface area (Å²) in [6.45, 7) is 1.51. The summed E-state index contributed by atoms with van der Waals surface area (Å²) in [6.07, 6.45) is 11.1. The van der Waals surface area contributed by atoms with Crippen LogP contribution in [0.25, 0.3) is 10.9 Å². The SMILES string of the molecule is O=C(Nc1ccncc1)c1ccc(Cn2cc(Cn3ccnc3)c3ccccc32)cc1. The van der Waals surface area contributed by atoms with E-state index < -0.39 is 0 Å². The van der Waals surface area contributed by atoms with E-state index in [0.717, 1.165) is 24.3 Å². The predicted octanol–water partition coefficient (Wildman–Crippen LogP) is 4.58. The Labute approximate surface area is 179 Å². The third-order valence-corrected chi connectivity index (χ3v) is 5.29. The van der Waals surface area contributed by atoms with E-state index in [9.17, 15) is 4.79 Å². The first-order valence-electron chi connectivity index (χ1n) is 10.1. The molecule has 0 saturated carbocycles. The van der Waals surface area contributed by atoms with Crippen molar-refractivity contribution in [2.75, 3.05) is 5.32 Å². The second-order valence-corrected chi connectivity index (χ2v) is 7.42. The molecule has 0 unspecified atom stereocenters. The summed E-state index contributed by atoms with van der Waals surface area (Å²) in [7, 11) is 0. The van der Waals surface area contributed by atoms with E-state index in [-0.39, 0.29) is 5.91 Å². The molecule has 1 amide bonds. The van der Waals surface area contributed by atoms with E-state index in [1.54, 1.807) is 30.7 Å². The van der Waals surface area contributed by atoms with Gasteiger partial charge in [-0.2, -0.15) is 0 Å². The normalized spacial score (nSPS) is 11.0. The lowest BCUT2D eigenvalue weighted by Gasteiger charge is -2.08. The maximum atomic E-state index is 12.5. The summed E-state index contributed by atoms with van der Waals surface area (Å²) in [6, 6.07) is 19.7. The van der Waals surface area contributed by atoms with Crippen LogP contribution in [0.2, 0.25) is 0 Å². The number of amides is 1. The summed E-state index contributed by atoms with van der Waals surface area (Å²) >= 11 is 0. The minimum Gasteiger partial charge on any atom is -0.343 e. The summed E-state index contributed by atoms with van der Waals surface area (Å²) in [5.41, 5.74) is 4.93. The van der Waals surface area contributed by atoms with Gasteiger partial charge in [-0.15, -0.1) is 0 Å². The maximum Gasteiger partial charge on any atom is 0.255 e. The molecule has 0 fully saturated rings. The molecule has 31 heavy (non-hydrogen) atoms. The molecule has 0 aliphatic carbocycles. The molecule has 0 spiro atoms. The number of carbonyl (C=O) groups excluding carboxylic acids is 1. The zero-order chi connectivity index (χ0) is 21.0. The van der Waals surface area contributed by atoms with Crippen molar-refractivity contribution in [3.8, 4) is 0 Å². The van der Waals surface area contributed by atoms with Crippen molar-refractivity contribution >= 4 is 22.5 Å². The number of imidazole rings is 1. The van der Waals surface area contributed by atoms with Crippen LogP contribution in [-0.2, 0) is 13.1 Å². The molecule has 0 bridgehead atoms. The van der Waals surface area contributed by atoms with Crippen molar-refractivity contribution < 1.29 is 4.79 Å². The van der Waals surface area contributed by atoms with Crippen LogP contribution >= 0.6 is 0 Å². The molecule has 0 saturated heterocycles. The number of pyridine rings is 1. The second-order valence-electron chi connectivity index (χ2n) is 7.42. The van der Waals surface area contributed by atoms with Crippen molar-refractivity contribution in [3.05, 3.63) is 115 Å². The van der Waals surface area contributed by atoms with Gasteiger partial charge in [0.25, 0.3) is 5.91 Å². The Morgan fingerprint density at radius 2 is 1.68 bits per heavy atom. The predicted molar refractivity (Wildman–Crippen MR) is 121 cm³/mol. The third-order valence-electron chi connectivity index (χ3n) is 5.29. The third kappa shape index (κ3) is 4.09. The van der Waals surface area contributed by atoms with Crippen LogP contribution in [-0.4, -0.2) is 25.0 Å². The highest BCUT2D eigenvalue weighted by molar-refractivity contribution is 6.04. The average molecular weight is 407 g/mol. The first kappa shape index (κ1) is 18.8. The zero-order valence-electron chi connectivity index (χ0n) is 16.8. The number of benzene rings is 2. The van der Waals surface area contributed by atoms with Crippen LogP contribution in [0.1, 0.15) is 21.5 Å². The molecular formula is C25H21N5O. The molecule has 3 aromatic heterocycles. The fourth-order valence-electron chi connectivity index (χ4n) is 3.75. The monoisotopic (exact) mass is 407 g/mol. The zero-order valence-corrected chi connectivity index (χ0v) is 16.8. The minimum absolute atomic E-state index is 0.133. The molecule has 3 heterocycles. The molecule has 2 aromatic carbocycles. The van der Waals surface area contributed by atoms with Gasteiger partial charge in [0.05, 0.1) is 12.9 Å². The number of carbonyl (C=O) groups is 1. The van der Waals surface area contributed by atoms with Crippen molar-refractivity contribution in [2.45, 2.75) is 13.1 Å².